The summed E-state index contributed by atoms with van der Waals surface area (Å²) in [6, 6.07) is 40.5. The standard InChI is InChI=1S/C34H22/c1-3-9-21(10-4-1)30-25-13-7-8-14-26(25)31(22-11-5-2-6-12-22)34-28-20-18-24-16-15-23-17-19-27(33(30)34)32(28)29(23)24/h1-14,17-20H,15-16H2. The summed E-state index contributed by atoms with van der Waals surface area (Å²) in [5.41, 5.74) is 13.9. The van der Waals surface area contributed by atoms with Gasteiger partial charge in [-0.3, -0.25) is 0 Å². The molecule has 0 heteroatoms. The lowest BCUT2D eigenvalue weighted by atomic mass is 9.82. The molecule has 2 aliphatic carbocycles. The summed E-state index contributed by atoms with van der Waals surface area (Å²) in [4.78, 5) is 0. The van der Waals surface area contributed by atoms with E-state index >= 15 is 0 Å². The van der Waals surface area contributed by atoms with Crippen LogP contribution in [-0.4, -0.2) is 0 Å². The summed E-state index contributed by atoms with van der Waals surface area (Å²) < 4.78 is 0. The molecule has 0 N–H and O–H groups in total. The lowest BCUT2D eigenvalue weighted by Gasteiger charge is -2.20. The van der Waals surface area contributed by atoms with E-state index in [-0.39, 0.29) is 0 Å². The summed E-state index contributed by atoms with van der Waals surface area (Å²) in [7, 11) is 0. The van der Waals surface area contributed by atoms with Crippen LogP contribution in [0.25, 0.3) is 66.1 Å². The van der Waals surface area contributed by atoms with Gasteiger partial charge in [0.25, 0.3) is 0 Å². The van der Waals surface area contributed by atoms with Crippen LogP contribution in [-0.2, 0) is 12.8 Å². The quantitative estimate of drug-likeness (QED) is 0.257. The molecule has 0 bridgehead atoms. The van der Waals surface area contributed by atoms with Crippen LogP contribution in [0.3, 0.4) is 0 Å². The Hall–Kier alpha value is -4.16. The van der Waals surface area contributed by atoms with E-state index in [1.807, 2.05) is 0 Å². The van der Waals surface area contributed by atoms with E-state index in [1.165, 1.54) is 77.2 Å². The minimum Gasteiger partial charge on any atom is -0.0622 e. The molecule has 0 heterocycles. The predicted octanol–water partition coefficient (Wildman–Crippen LogP) is 9.07. The van der Waals surface area contributed by atoms with Gasteiger partial charge in [0.05, 0.1) is 0 Å². The molecule has 8 rings (SSSR count). The highest BCUT2D eigenvalue weighted by Crippen LogP contribution is 2.58. The molecule has 0 spiro atoms. The minimum atomic E-state index is 1.16. The van der Waals surface area contributed by atoms with Crippen LogP contribution in [0.2, 0.25) is 0 Å². The van der Waals surface area contributed by atoms with Gasteiger partial charge in [-0.25, -0.2) is 0 Å². The van der Waals surface area contributed by atoms with Crippen molar-refractivity contribution < 1.29 is 0 Å². The van der Waals surface area contributed by atoms with Crippen molar-refractivity contribution in [2.45, 2.75) is 12.8 Å². The molecule has 0 unspecified atom stereocenters. The first-order valence-corrected chi connectivity index (χ1v) is 12.2. The Morgan fingerprint density at radius 3 is 1.26 bits per heavy atom. The van der Waals surface area contributed by atoms with E-state index < -0.39 is 0 Å². The Kier molecular flexibility index (Phi) is 3.59. The molecule has 0 amide bonds. The van der Waals surface area contributed by atoms with Crippen LogP contribution in [0.4, 0.5) is 0 Å². The maximum Gasteiger partial charge on any atom is -0.000741 e. The first kappa shape index (κ1) is 18.3. The van der Waals surface area contributed by atoms with Crippen LogP contribution < -0.4 is 0 Å². The largest absolute Gasteiger partial charge is 0.0622 e. The first-order valence-electron chi connectivity index (χ1n) is 12.2. The Morgan fingerprint density at radius 2 is 0.794 bits per heavy atom. The summed E-state index contributed by atoms with van der Waals surface area (Å²) in [6.07, 6.45) is 2.32. The van der Waals surface area contributed by atoms with Crippen LogP contribution in [0.15, 0.2) is 109 Å². The molecule has 0 radical (unpaired) electrons. The van der Waals surface area contributed by atoms with Crippen LogP contribution in [0.1, 0.15) is 11.1 Å². The van der Waals surface area contributed by atoms with Crippen molar-refractivity contribution in [1.82, 2.24) is 0 Å². The van der Waals surface area contributed by atoms with Crippen molar-refractivity contribution in [3.05, 3.63) is 120 Å². The van der Waals surface area contributed by atoms with Crippen molar-refractivity contribution >= 4 is 21.5 Å². The molecule has 0 atom stereocenters. The van der Waals surface area contributed by atoms with E-state index in [0.29, 0.717) is 0 Å². The average Bonchev–Trinajstić information content (AvgIpc) is 3.47. The van der Waals surface area contributed by atoms with E-state index in [1.54, 1.807) is 0 Å². The van der Waals surface area contributed by atoms with Gasteiger partial charge in [-0.1, -0.05) is 109 Å². The molecule has 2 aliphatic rings. The number of aryl methyl sites for hydroxylation is 2. The molecular weight excluding hydrogens is 408 g/mol. The summed E-state index contributed by atoms with van der Waals surface area (Å²) in [5.74, 6) is 0. The zero-order valence-electron chi connectivity index (χ0n) is 18.8. The minimum absolute atomic E-state index is 1.16. The lowest BCUT2D eigenvalue weighted by molar-refractivity contribution is 1.02. The van der Waals surface area contributed by atoms with Gasteiger partial charge in [0, 0.05) is 0 Å². The molecule has 0 nitrogen and oxygen atoms in total. The third-order valence-electron chi connectivity index (χ3n) is 7.88. The van der Waals surface area contributed by atoms with Crippen molar-refractivity contribution in [2.24, 2.45) is 0 Å². The Labute approximate surface area is 199 Å². The molecule has 6 aromatic carbocycles. The molecule has 34 heavy (non-hydrogen) atoms. The third kappa shape index (κ3) is 2.28. The normalized spacial score (nSPS) is 13.1. The third-order valence-corrected chi connectivity index (χ3v) is 7.88. The van der Waals surface area contributed by atoms with Gasteiger partial charge >= 0.3 is 0 Å². The molecular formula is C34H22. The van der Waals surface area contributed by atoms with Crippen LogP contribution in [0.5, 0.6) is 0 Å². The molecule has 0 saturated carbocycles. The summed E-state index contributed by atoms with van der Waals surface area (Å²) in [6.45, 7) is 0. The van der Waals surface area contributed by atoms with Gasteiger partial charge in [-0.05, 0) is 90.0 Å². The van der Waals surface area contributed by atoms with E-state index in [4.69, 9.17) is 0 Å². The number of hydrogen-bond donors (Lipinski definition) is 0. The fraction of sp³-hybridized carbons (Fsp3) is 0.0588. The predicted molar refractivity (Wildman–Crippen MR) is 144 cm³/mol. The highest BCUT2D eigenvalue weighted by molar-refractivity contribution is 6.28. The molecule has 0 fully saturated rings. The van der Waals surface area contributed by atoms with E-state index in [2.05, 4.69) is 109 Å². The zero-order chi connectivity index (χ0) is 22.2. The molecule has 0 aliphatic heterocycles. The van der Waals surface area contributed by atoms with Crippen LogP contribution in [0, 0.1) is 0 Å². The van der Waals surface area contributed by atoms with E-state index in [0.717, 1.165) is 12.8 Å². The first-order chi connectivity index (χ1) is 16.9. The average molecular weight is 431 g/mol. The highest BCUT2D eigenvalue weighted by atomic mass is 14.3. The molecule has 158 valence electrons. The topological polar surface area (TPSA) is 0 Å². The number of benzene rings is 6. The maximum atomic E-state index is 2.40. The number of rotatable bonds is 2. The monoisotopic (exact) mass is 430 g/mol. The SMILES string of the molecule is c1ccc(-c2c3c(c(-c4ccccc4)c4ccccc24)-c2ccc4c5c(ccc-3c25)CC4)cc1. The van der Waals surface area contributed by atoms with Gasteiger partial charge in [0.1, 0.15) is 0 Å². The smallest absolute Gasteiger partial charge is 0.000741 e. The second kappa shape index (κ2) is 6.68. The lowest BCUT2D eigenvalue weighted by Crippen LogP contribution is -1.93. The fourth-order valence-electron chi connectivity index (χ4n) is 6.53. The van der Waals surface area contributed by atoms with Gasteiger partial charge in [0.2, 0.25) is 0 Å². The zero-order valence-corrected chi connectivity index (χ0v) is 18.8. The van der Waals surface area contributed by atoms with Crippen molar-refractivity contribution in [3.8, 4) is 44.5 Å². The van der Waals surface area contributed by atoms with E-state index in [9.17, 15) is 0 Å². The Bertz CT molecular complexity index is 1640. The summed E-state index contributed by atoms with van der Waals surface area (Å²) in [5, 5.41) is 5.62. The van der Waals surface area contributed by atoms with Crippen molar-refractivity contribution in [2.75, 3.05) is 0 Å². The van der Waals surface area contributed by atoms with Crippen molar-refractivity contribution in [1.29, 1.82) is 0 Å². The number of fused-ring (bicyclic) bond motifs is 4. The van der Waals surface area contributed by atoms with Gasteiger partial charge in [-0.15, -0.1) is 0 Å². The summed E-state index contributed by atoms with van der Waals surface area (Å²) >= 11 is 0. The maximum absolute atomic E-state index is 2.40. The fourth-order valence-corrected chi connectivity index (χ4v) is 6.53. The van der Waals surface area contributed by atoms with Gasteiger partial charge in [-0.2, -0.15) is 0 Å². The highest BCUT2D eigenvalue weighted by Gasteiger charge is 2.32. The van der Waals surface area contributed by atoms with Crippen molar-refractivity contribution in [3.63, 3.8) is 0 Å². The molecule has 6 aromatic rings. The second-order valence-electron chi connectivity index (χ2n) is 9.57. The van der Waals surface area contributed by atoms with Crippen LogP contribution >= 0.6 is 0 Å². The Balaban J connectivity index is 1.65. The second-order valence-corrected chi connectivity index (χ2v) is 9.57. The van der Waals surface area contributed by atoms with Gasteiger partial charge < -0.3 is 0 Å². The number of hydrogen-bond acceptors (Lipinski definition) is 0. The Morgan fingerprint density at radius 1 is 0.353 bits per heavy atom. The molecule has 0 saturated heterocycles. The van der Waals surface area contributed by atoms with Gasteiger partial charge in [0.15, 0.2) is 0 Å². The molecule has 0 aromatic heterocycles.